The SMILES string of the molecule is C=C=CC(F)C1CCCC2CC3CCCCC3C(C3CCCCC3)C2C1. The van der Waals surface area contributed by atoms with Crippen LogP contribution in [0.15, 0.2) is 18.4 Å². The quantitative estimate of drug-likeness (QED) is 0.458. The first-order valence-electron chi connectivity index (χ1n) is 11.8. The van der Waals surface area contributed by atoms with Gasteiger partial charge < -0.3 is 0 Å². The van der Waals surface area contributed by atoms with Crippen LogP contribution in [0.4, 0.5) is 4.39 Å². The number of halogens is 1. The molecule has 4 rings (SSSR count). The van der Waals surface area contributed by atoms with Crippen LogP contribution in [-0.2, 0) is 0 Å². The first-order chi connectivity index (χ1) is 12.8. The van der Waals surface area contributed by atoms with Crippen molar-refractivity contribution in [1.29, 1.82) is 0 Å². The highest BCUT2D eigenvalue weighted by atomic mass is 19.1. The van der Waals surface area contributed by atoms with Gasteiger partial charge in [0.05, 0.1) is 0 Å². The zero-order chi connectivity index (χ0) is 17.9. The molecule has 0 heterocycles. The highest BCUT2D eigenvalue weighted by Crippen LogP contribution is 2.57. The van der Waals surface area contributed by atoms with Crippen molar-refractivity contribution in [2.24, 2.45) is 41.4 Å². The number of fused-ring (bicyclic) bond motifs is 2. The molecule has 0 saturated heterocycles. The predicted molar refractivity (Wildman–Crippen MR) is 108 cm³/mol. The van der Waals surface area contributed by atoms with Crippen molar-refractivity contribution in [3.05, 3.63) is 18.4 Å². The van der Waals surface area contributed by atoms with Gasteiger partial charge in [-0.2, -0.15) is 0 Å². The molecule has 0 aromatic carbocycles. The Morgan fingerprint density at radius 3 is 2.19 bits per heavy atom. The molecule has 0 bridgehead atoms. The second kappa shape index (κ2) is 8.64. The molecule has 4 aliphatic rings. The summed E-state index contributed by atoms with van der Waals surface area (Å²) in [5.74, 6) is 5.77. The van der Waals surface area contributed by atoms with Crippen LogP contribution in [0, 0.1) is 41.4 Å². The molecule has 26 heavy (non-hydrogen) atoms. The van der Waals surface area contributed by atoms with Gasteiger partial charge in [-0.15, -0.1) is 5.73 Å². The van der Waals surface area contributed by atoms with E-state index in [4.69, 9.17) is 0 Å². The summed E-state index contributed by atoms with van der Waals surface area (Å²) in [6.45, 7) is 3.62. The fourth-order valence-electron chi connectivity index (χ4n) is 7.78. The smallest absolute Gasteiger partial charge is 0.128 e. The maximum absolute atomic E-state index is 14.8. The number of allylic oxidation sites excluding steroid dienone is 1. The van der Waals surface area contributed by atoms with E-state index in [1.807, 2.05) is 0 Å². The Labute approximate surface area is 160 Å². The first kappa shape index (κ1) is 18.8. The fourth-order valence-corrected chi connectivity index (χ4v) is 7.78. The monoisotopic (exact) mass is 358 g/mol. The Balaban J connectivity index is 1.60. The molecule has 4 saturated carbocycles. The topological polar surface area (TPSA) is 0 Å². The summed E-state index contributed by atoms with van der Waals surface area (Å²) in [6.07, 6.45) is 20.3. The summed E-state index contributed by atoms with van der Waals surface area (Å²) in [6, 6.07) is 0. The molecular formula is C25H39F. The predicted octanol–water partition coefficient (Wildman–Crippen LogP) is 7.49. The van der Waals surface area contributed by atoms with E-state index in [0.717, 1.165) is 48.3 Å². The van der Waals surface area contributed by atoms with Crippen molar-refractivity contribution in [1.82, 2.24) is 0 Å². The third-order valence-electron chi connectivity index (χ3n) is 8.81. The molecular weight excluding hydrogens is 319 g/mol. The molecule has 0 N–H and O–H groups in total. The molecule has 0 aromatic heterocycles. The maximum atomic E-state index is 14.8. The summed E-state index contributed by atoms with van der Waals surface area (Å²) in [5, 5.41) is 0. The second-order valence-corrected chi connectivity index (χ2v) is 10.1. The number of alkyl halides is 1. The fraction of sp³-hybridized carbons (Fsp3) is 0.880. The van der Waals surface area contributed by atoms with E-state index < -0.39 is 6.17 Å². The van der Waals surface area contributed by atoms with Crippen LogP contribution in [-0.4, -0.2) is 6.17 Å². The summed E-state index contributed by atoms with van der Waals surface area (Å²) in [5.41, 5.74) is 2.73. The number of hydrogen-bond acceptors (Lipinski definition) is 0. The molecule has 0 spiro atoms. The largest absolute Gasteiger partial charge is 0.242 e. The molecule has 146 valence electrons. The number of rotatable bonds is 3. The third-order valence-corrected chi connectivity index (χ3v) is 8.81. The van der Waals surface area contributed by atoms with Gasteiger partial charge in [-0.3, -0.25) is 0 Å². The summed E-state index contributed by atoms with van der Waals surface area (Å²) >= 11 is 0. The zero-order valence-corrected chi connectivity index (χ0v) is 16.7. The van der Waals surface area contributed by atoms with Crippen LogP contribution in [0.3, 0.4) is 0 Å². The molecule has 0 amide bonds. The van der Waals surface area contributed by atoms with Crippen LogP contribution in [0.5, 0.6) is 0 Å². The normalized spacial score (nSPS) is 42.7. The average Bonchev–Trinajstić information content (AvgIpc) is 2.89. The van der Waals surface area contributed by atoms with Gasteiger partial charge >= 0.3 is 0 Å². The molecule has 0 nitrogen and oxygen atoms in total. The lowest BCUT2D eigenvalue weighted by Crippen LogP contribution is -2.45. The van der Waals surface area contributed by atoms with E-state index >= 15 is 0 Å². The Bertz CT molecular complexity index is 498. The Morgan fingerprint density at radius 2 is 1.38 bits per heavy atom. The van der Waals surface area contributed by atoms with Gasteiger partial charge in [0, 0.05) is 0 Å². The molecule has 0 aliphatic heterocycles. The van der Waals surface area contributed by atoms with Gasteiger partial charge in [0.15, 0.2) is 0 Å². The highest BCUT2D eigenvalue weighted by molar-refractivity contribution is 5.00. The van der Waals surface area contributed by atoms with E-state index in [0.29, 0.717) is 0 Å². The zero-order valence-electron chi connectivity index (χ0n) is 16.7. The third kappa shape index (κ3) is 3.84. The Morgan fingerprint density at radius 1 is 0.731 bits per heavy atom. The van der Waals surface area contributed by atoms with Gasteiger partial charge in [0.2, 0.25) is 0 Å². The number of hydrogen-bond donors (Lipinski definition) is 0. The summed E-state index contributed by atoms with van der Waals surface area (Å²) in [4.78, 5) is 0. The van der Waals surface area contributed by atoms with Crippen molar-refractivity contribution in [3.8, 4) is 0 Å². The second-order valence-electron chi connectivity index (χ2n) is 10.1. The molecule has 4 aliphatic carbocycles. The lowest BCUT2D eigenvalue weighted by atomic mass is 9.52. The van der Waals surface area contributed by atoms with E-state index in [9.17, 15) is 4.39 Å². The minimum absolute atomic E-state index is 0.227. The van der Waals surface area contributed by atoms with Gasteiger partial charge in [0.1, 0.15) is 6.17 Å². The Kier molecular flexibility index (Phi) is 6.25. The van der Waals surface area contributed by atoms with Gasteiger partial charge in [0.25, 0.3) is 0 Å². The summed E-state index contributed by atoms with van der Waals surface area (Å²) < 4.78 is 14.8. The first-order valence-corrected chi connectivity index (χ1v) is 11.8. The standard InChI is InChI=1S/C25H39F/c1-2-9-24(26)21-14-8-13-20-16-19-12-6-7-15-22(19)25(23(20)17-21)18-10-4-3-5-11-18/h9,18-25H,1,3-8,10-17H2. The van der Waals surface area contributed by atoms with Crippen molar-refractivity contribution in [2.45, 2.75) is 96.1 Å². The van der Waals surface area contributed by atoms with Gasteiger partial charge in [-0.25, -0.2) is 4.39 Å². The van der Waals surface area contributed by atoms with Crippen LogP contribution in [0.25, 0.3) is 0 Å². The van der Waals surface area contributed by atoms with E-state index in [1.54, 1.807) is 6.08 Å². The van der Waals surface area contributed by atoms with Crippen LogP contribution < -0.4 is 0 Å². The van der Waals surface area contributed by atoms with Crippen molar-refractivity contribution in [2.75, 3.05) is 0 Å². The van der Waals surface area contributed by atoms with Gasteiger partial charge in [-0.1, -0.05) is 70.8 Å². The van der Waals surface area contributed by atoms with Crippen molar-refractivity contribution >= 4 is 0 Å². The summed E-state index contributed by atoms with van der Waals surface area (Å²) in [7, 11) is 0. The highest BCUT2D eigenvalue weighted by Gasteiger charge is 2.49. The Hall–Kier alpha value is -0.550. The van der Waals surface area contributed by atoms with Crippen molar-refractivity contribution < 1.29 is 4.39 Å². The minimum Gasteiger partial charge on any atom is -0.242 e. The average molecular weight is 359 g/mol. The molecule has 7 atom stereocenters. The molecule has 7 unspecified atom stereocenters. The molecule has 4 fully saturated rings. The minimum atomic E-state index is -0.817. The lowest BCUT2D eigenvalue weighted by Gasteiger charge is -2.53. The molecule has 0 aromatic rings. The van der Waals surface area contributed by atoms with Crippen LogP contribution in [0.1, 0.15) is 89.9 Å². The van der Waals surface area contributed by atoms with E-state index in [1.165, 1.54) is 77.0 Å². The van der Waals surface area contributed by atoms with Crippen LogP contribution >= 0.6 is 0 Å². The van der Waals surface area contributed by atoms with E-state index in [2.05, 4.69) is 12.3 Å². The van der Waals surface area contributed by atoms with E-state index in [-0.39, 0.29) is 5.92 Å². The molecule has 0 radical (unpaired) electrons. The van der Waals surface area contributed by atoms with Crippen LogP contribution in [0.2, 0.25) is 0 Å². The molecule has 1 heteroatoms. The maximum Gasteiger partial charge on any atom is 0.128 e. The van der Waals surface area contributed by atoms with Gasteiger partial charge in [-0.05, 0) is 73.2 Å². The lowest BCUT2D eigenvalue weighted by molar-refractivity contribution is -0.0398. The van der Waals surface area contributed by atoms with Crippen molar-refractivity contribution in [3.63, 3.8) is 0 Å².